The fourth-order valence-corrected chi connectivity index (χ4v) is 4.37. The van der Waals surface area contributed by atoms with Gasteiger partial charge in [0.1, 0.15) is 23.4 Å². The van der Waals surface area contributed by atoms with E-state index < -0.39 is 0 Å². The Balaban J connectivity index is 1.37. The quantitative estimate of drug-likeness (QED) is 0.408. The highest BCUT2D eigenvalue weighted by Gasteiger charge is 2.35. The van der Waals surface area contributed by atoms with E-state index in [1.165, 1.54) is 5.01 Å². The van der Waals surface area contributed by atoms with Gasteiger partial charge in [-0.2, -0.15) is 5.10 Å². The summed E-state index contributed by atoms with van der Waals surface area (Å²) >= 11 is 0. The number of nitrogens with zero attached hydrogens (tertiary/aromatic N) is 4. The van der Waals surface area contributed by atoms with E-state index in [4.69, 9.17) is 14.3 Å². The molecule has 9 nitrogen and oxygen atoms in total. The molecule has 184 valence electrons. The summed E-state index contributed by atoms with van der Waals surface area (Å²) in [6.07, 6.45) is 2.14. The molecule has 5 rings (SSSR count). The number of H-pyrrole nitrogens is 1. The van der Waals surface area contributed by atoms with Crippen molar-refractivity contribution in [2.45, 2.75) is 25.9 Å². The first kappa shape index (κ1) is 23.5. The maximum absolute atomic E-state index is 13.5. The third-order valence-corrected chi connectivity index (χ3v) is 6.30. The first-order chi connectivity index (χ1) is 17.6. The number of hydrazone groups is 1. The van der Waals surface area contributed by atoms with Gasteiger partial charge in [0.15, 0.2) is 0 Å². The molecule has 1 atom stereocenters. The van der Waals surface area contributed by atoms with Crippen molar-refractivity contribution in [1.82, 2.24) is 19.9 Å². The number of carbonyl (C=O) groups is 1. The summed E-state index contributed by atoms with van der Waals surface area (Å²) in [6, 6.07) is 18.2. The molecule has 36 heavy (non-hydrogen) atoms. The number of fused-ring (bicyclic) bond motifs is 1. The molecule has 4 aromatic rings. The number of aromatic amines is 1. The fourth-order valence-electron chi connectivity index (χ4n) is 4.37. The highest BCUT2D eigenvalue weighted by Crippen LogP contribution is 2.33. The smallest absolute Gasteiger partial charge is 0.258 e. The maximum Gasteiger partial charge on any atom is 0.258 e. The number of likely N-dealkylation sites (N-methyl/N-ethyl adjacent to an activating group) is 1. The molecule has 0 aliphatic carbocycles. The van der Waals surface area contributed by atoms with Gasteiger partial charge in [-0.1, -0.05) is 19.1 Å². The predicted octanol–water partition coefficient (Wildman–Crippen LogP) is 3.72. The summed E-state index contributed by atoms with van der Waals surface area (Å²) in [7, 11) is 1.62. The lowest BCUT2D eigenvalue weighted by Gasteiger charge is -2.24. The summed E-state index contributed by atoms with van der Waals surface area (Å²) in [4.78, 5) is 35.3. The zero-order valence-electron chi connectivity index (χ0n) is 20.2. The number of benzene rings is 2. The summed E-state index contributed by atoms with van der Waals surface area (Å²) in [5, 5.41) is 6.75. The van der Waals surface area contributed by atoms with Gasteiger partial charge in [0.2, 0.25) is 0 Å². The molecule has 0 unspecified atom stereocenters. The molecule has 3 heterocycles. The number of rotatable bonds is 8. The lowest BCUT2D eigenvalue weighted by molar-refractivity contribution is -0.134. The second-order valence-electron chi connectivity index (χ2n) is 8.58. The normalized spacial score (nSPS) is 15.5. The van der Waals surface area contributed by atoms with Gasteiger partial charge in [-0.05, 0) is 60.6 Å². The number of para-hydroxylation sites is 1. The second kappa shape index (κ2) is 10.2. The molecule has 1 aliphatic rings. The minimum absolute atomic E-state index is 0.115. The van der Waals surface area contributed by atoms with E-state index in [9.17, 15) is 9.59 Å². The minimum Gasteiger partial charge on any atom is -0.497 e. The summed E-state index contributed by atoms with van der Waals surface area (Å²) in [5.41, 5.74) is 2.16. The van der Waals surface area contributed by atoms with Crippen LogP contribution < -0.4 is 10.3 Å². The lowest BCUT2D eigenvalue weighted by Crippen LogP contribution is -2.38. The van der Waals surface area contributed by atoms with E-state index in [0.717, 1.165) is 17.0 Å². The summed E-state index contributed by atoms with van der Waals surface area (Å²) in [5.74, 6) is 1.79. The third-order valence-electron chi connectivity index (χ3n) is 6.30. The number of amides is 1. The van der Waals surface area contributed by atoms with Crippen LogP contribution in [0.4, 0.5) is 0 Å². The Morgan fingerprint density at radius 2 is 1.97 bits per heavy atom. The Kier molecular flexibility index (Phi) is 6.64. The molecule has 0 fully saturated rings. The molecule has 0 saturated heterocycles. The molecule has 0 bridgehead atoms. The van der Waals surface area contributed by atoms with Gasteiger partial charge in [0.05, 0.1) is 43.1 Å². The first-order valence-corrected chi connectivity index (χ1v) is 11.8. The average molecular weight is 486 g/mol. The highest BCUT2D eigenvalue weighted by atomic mass is 16.5. The van der Waals surface area contributed by atoms with E-state index in [2.05, 4.69) is 9.97 Å². The van der Waals surface area contributed by atoms with Crippen LogP contribution >= 0.6 is 0 Å². The van der Waals surface area contributed by atoms with Crippen LogP contribution in [0.5, 0.6) is 5.75 Å². The van der Waals surface area contributed by atoms with E-state index in [-0.39, 0.29) is 24.1 Å². The van der Waals surface area contributed by atoms with Crippen molar-refractivity contribution in [3.05, 3.63) is 94.4 Å². The van der Waals surface area contributed by atoms with Crippen LogP contribution in [0.2, 0.25) is 0 Å². The standard InChI is InChI=1S/C27H27N5O4/c1-3-31(16-25-28-21-8-5-4-7-20(21)27(34)29-25)17-26(33)32-23(24-9-6-14-36-24)15-22(30-32)18-10-12-19(35-2)13-11-18/h4-14,23H,3,15-17H2,1-2H3,(H,28,29,34)/t23-/m1/s1. The van der Waals surface area contributed by atoms with Crippen molar-refractivity contribution < 1.29 is 13.9 Å². The summed E-state index contributed by atoms with van der Waals surface area (Å²) < 4.78 is 10.9. The maximum atomic E-state index is 13.5. The van der Waals surface area contributed by atoms with Crippen molar-refractivity contribution in [2.75, 3.05) is 20.2 Å². The average Bonchev–Trinajstić information content (AvgIpc) is 3.59. The molecule has 2 aromatic heterocycles. The van der Waals surface area contributed by atoms with Gasteiger partial charge in [0, 0.05) is 6.42 Å². The molecule has 0 spiro atoms. The number of hydrogen-bond acceptors (Lipinski definition) is 7. The zero-order valence-corrected chi connectivity index (χ0v) is 20.2. The summed E-state index contributed by atoms with van der Waals surface area (Å²) in [6.45, 7) is 3.00. The van der Waals surface area contributed by atoms with E-state index in [1.807, 2.05) is 66.4 Å². The van der Waals surface area contributed by atoms with E-state index in [0.29, 0.717) is 42.0 Å². The molecule has 1 aliphatic heterocycles. The minimum atomic E-state index is -0.332. The van der Waals surface area contributed by atoms with Crippen molar-refractivity contribution in [1.29, 1.82) is 0 Å². The van der Waals surface area contributed by atoms with Crippen molar-refractivity contribution in [3.63, 3.8) is 0 Å². The van der Waals surface area contributed by atoms with Crippen molar-refractivity contribution >= 4 is 22.5 Å². The largest absolute Gasteiger partial charge is 0.497 e. The molecule has 2 aromatic carbocycles. The van der Waals surface area contributed by atoms with Crippen LogP contribution in [0.3, 0.4) is 0 Å². The van der Waals surface area contributed by atoms with Crippen LogP contribution in [-0.2, 0) is 11.3 Å². The molecule has 1 N–H and O–H groups in total. The predicted molar refractivity (Wildman–Crippen MR) is 136 cm³/mol. The Hall–Kier alpha value is -4.24. The number of aromatic nitrogens is 2. The van der Waals surface area contributed by atoms with Crippen LogP contribution in [0, 0.1) is 0 Å². The Labute approximate surface area is 208 Å². The first-order valence-electron chi connectivity index (χ1n) is 11.8. The number of nitrogens with one attached hydrogen (secondary N) is 1. The van der Waals surface area contributed by atoms with Gasteiger partial charge < -0.3 is 14.1 Å². The van der Waals surface area contributed by atoms with Gasteiger partial charge in [-0.15, -0.1) is 0 Å². The Bertz CT molecular complexity index is 1440. The molecular weight excluding hydrogens is 458 g/mol. The van der Waals surface area contributed by atoms with Crippen molar-refractivity contribution in [2.24, 2.45) is 5.10 Å². The number of furan rings is 1. The third kappa shape index (κ3) is 4.78. The van der Waals surface area contributed by atoms with Gasteiger partial charge >= 0.3 is 0 Å². The topological polar surface area (TPSA) is 104 Å². The van der Waals surface area contributed by atoms with Gasteiger partial charge in [-0.25, -0.2) is 9.99 Å². The van der Waals surface area contributed by atoms with Crippen molar-refractivity contribution in [3.8, 4) is 5.75 Å². The van der Waals surface area contributed by atoms with Crippen LogP contribution in [0.15, 0.2) is 81.2 Å². The molecule has 0 radical (unpaired) electrons. The highest BCUT2D eigenvalue weighted by molar-refractivity contribution is 6.03. The molecular formula is C27H27N5O4. The number of hydrogen-bond donors (Lipinski definition) is 1. The van der Waals surface area contributed by atoms with Crippen LogP contribution in [0.25, 0.3) is 10.9 Å². The number of carbonyl (C=O) groups excluding carboxylic acids is 1. The fraction of sp³-hybridized carbons (Fsp3) is 0.259. The SMILES string of the molecule is CCN(CC(=O)N1N=C(c2ccc(OC)cc2)C[C@@H]1c1ccco1)Cc1nc2ccccc2c(=O)[nH]1. The van der Waals surface area contributed by atoms with E-state index in [1.54, 1.807) is 19.4 Å². The van der Waals surface area contributed by atoms with Gasteiger partial charge in [0.25, 0.3) is 11.5 Å². The molecule has 9 heteroatoms. The Morgan fingerprint density at radius 1 is 1.17 bits per heavy atom. The van der Waals surface area contributed by atoms with Crippen LogP contribution in [-0.4, -0.2) is 51.7 Å². The Morgan fingerprint density at radius 3 is 2.69 bits per heavy atom. The number of methoxy groups -OCH3 is 1. The van der Waals surface area contributed by atoms with E-state index >= 15 is 0 Å². The zero-order chi connectivity index (χ0) is 25.1. The monoisotopic (exact) mass is 485 g/mol. The van der Waals surface area contributed by atoms with Crippen LogP contribution in [0.1, 0.15) is 36.5 Å². The molecule has 1 amide bonds. The number of ether oxygens (including phenoxy) is 1. The molecule has 0 saturated carbocycles. The van der Waals surface area contributed by atoms with Gasteiger partial charge in [-0.3, -0.25) is 14.5 Å². The lowest BCUT2D eigenvalue weighted by atomic mass is 10.0. The second-order valence-corrected chi connectivity index (χ2v) is 8.58.